The van der Waals surface area contributed by atoms with E-state index in [0.717, 1.165) is 10.6 Å². The Morgan fingerprint density at radius 1 is 1.47 bits per heavy atom. The molecule has 3 nitrogen and oxygen atoms in total. The molecule has 0 aliphatic heterocycles. The van der Waals surface area contributed by atoms with Crippen LogP contribution in [-0.4, -0.2) is 29.4 Å². The normalized spacial score (nSPS) is 10.2. The lowest BCUT2D eigenvalue weighted by Crippen LogP contribution is -2.26. The Balaban J connectivity index is 2.32. The maximum atomic E-state index is 12.0. The molecule has 1 aromatic carbocycles. The Morgan fingerprint density at radius 2 is 2.29 bits per heavy atom. The summed E-state index contributed by atoms with van der Waals surface area (Å²) < 4.78 is 0. The Morgan fingerprint density at radius 3 is 2.94 bits per heavy atom. The van der Waals surface area contributed by atoms with Crippen molar-refractivity contribution in [3.63, 3.8) is 0 Å². The van der Waals surface area contributed by atoms with Crippen LogP contribution >= 0.6 is 11.3 Å². The van der Waals surface area contributed by atoms with Gasteiger partial charge in [-0.25, -0.2) is 4.98 Å². The number of carbonyl (C=O) groups is 1. The number of rotatable bonds is 3. The van der Waals surface area contributed by atoms with Crippen molar-refractivity contribution in [3.05, 3.63) is 41.4 Å². The Labute approximate surface area is 105 Å². The van der Waals surface area contributed by atoms with E-state index < -0.39 is 0 Å². The number of aromatic nitrogens is 1. The largest absolute Gasteiger partial charge is 0.342 e. The third-order valence-electron chi connectivity index (χ3n) is 2.61. The summed E-state index contributed by atoms with van der Waals surface area (Å²) in [5.74, 6) is 0.0471. The standard InChI is InChI=1S/C13H14N2OS/c1-3-15(2)13(16)11-6-4-5-10(9-11)12-14-7-8-17-12/h4-9H,3H2,1-2H3. The molecule has 2 aromatic rings. The zero-order valence-corrected chi connectivity index (χ0v) is 10.7. The van der Waals surface area contributed by atoms with E-state index in [9.17, 15) is 4.79 Å². The zero-order valence-electron chi connectivity index (χ0n) is 9.88. The lowest BCUT2D eigenvalue weighted by molar-refractivity contribution is 0.0802. The second-order valence-electron chi connectivity index (χ2n) is 3.74. The van der Waals surface area contributed by atoms with E-state index in [-0.39, 0.29) is 5.91 Å². The van der Waals surface area contributed by atoms with Gasteiger partial charge in [0.15, 0.2) is 0 Å². The Kier molecular flexibility index (Phi) is 3.54. The van der Waals surface area contributed by atoms with Crippen molar-refractivity contribution >= 4 is 17.2 Å². The molecule has 0 unspecified atom stereocenters. The summed E-state index contributed by atoms with van der Waals surface area (Å²) in [6, 6.07) is 7.61. The first kappa shape index (κ1) is 11.8. The molecule has 0 saturated carbocycles. The van der Waals surface area contributed by atoms with E-state index in [1.807, 2.05) is 36.6 Å². The van der Waals surface area contributed by atoms with Crippen LogP contribution in [0.1, 0.15) is 17.3 Å². The fourth-order valence-corrected chi connectivity index (χ4v) is 2.15. The summed E-state index contributed by atoms with van der Waals surface area (Å²) in [6.45, 7) is 2.67. The first-order valence-electron chi connectivity index (χ1n) is 5.47. The van der Waals surface area contributed by atoms with Gasteiger partial charge in [-0.15, -0.1) is 11.3 Å². The Bertz CT molecular complexity index is 508. The van der Waals surface area contributed by atoms with Crippen LogP contribution in [0.2, 0.25) is 0 Å². The van der Waals surface area contributed by atoms with E-state index >= 15 is 0 Å². The molecule has 0 aliphatic carbocycles. The predicted molar refractivity (Wildman–Crippen MR) is 70.2 cm³/mol. The summed E-state index contributed by atoms with van der Waals surface area (Å²) in [4.78, 5) is 17.9. The summed E-state index contributed by atoms with van der Waals surface area (Å²) in [6.07, 6.45) is 1.77. The number of hydrogen-bond donors (Lipinski definition) is 0. The lowest BCUT2D eigenvalue weighted by atomic mass is 10.1. The first-order valence-corrected chi connectivity index (χ1v) is 6.35. The monoisotopic (exact) mass is 246 g/mol. The number of carbonyl (C=O) groups excluding carboxylic acids is 1. The summed E-state index contributed by atoms with van der Waals surface area (Å²) >= 11 is 1.57. The maximum Gasteiger partial charge on any atom is 0.253 e. The van der Waals surface area contributed by atoms with Crippen molar-refractivity contribution in [2.75, 3.05) is 13.6 Å². The highest BCUT2D eigenvalue weighted by atomic mass is 32.1. The van der Waals surface area contributed by atoms with Gasteiger partial charge < -0.3 is 4.90 Å². The minimum atomic E-state index is 0.0471. The van der Waals surface area contributed by atoms with Crippen LogP contribution in [0, 0.1) is 0 Å². The van der Waals surface area contributed by atoms with Crippen LogP contribution in [0.5, 0.6) is 0 Å². The fourth-order valence-electron chi connectivity index (χ4n) is 1.52. The van der Waals surface area contributed by atoms with Gasteiger partial charge >= 0.3 is 0 Å². The molecule has 88 valence electrons. The molecule has 0 atom stereocenters. The van der Waals surface area contributed by atoms with E-state index in [1.54, 1.807) is 29.5 Å². The number of amides is 1. The van der Waals surface area contributed by atoms with Crippen molar-refractivity contribution in [2.45, 2.75) is 6.92 Å². The summed E-state index contributed by atoms with van der Waals surface area (Å²) in [5.41, 5.74) is 1.71. The van der Waals surface area contributed by atoms with Crippen molar-refractivity contribution in [2.24, 2.45) is 0 Å². The second-order valence-corrected chi connectivity index (χ2v) is 4.63. The molecule has 4 heteroatoms. The lowest BCUT2D eigenvalue weighted by Gasteiger charge is -2.14. The molecule has 0 N–H and O–H groups in total. The van der Waals surface area contributed by atoms with Crippen molar-refractivity contribution in [1.29, 1.82) is 0 Å². The highest BCUT2D eigenvalue weighted by molar-refractivity contribution is 7.13. The molecule has 1 aromatic heterocycles. The quantitative estimate of drug-likeness (QED) is 0.834. The van der Waals surface area contributed by atoms with Gasteiger partial charge in [-0.2, -0.15) is 0 Å². The first-order chi connectivity index (χ1) is 8.22. The molecule has 17 heavy (non-hydrogen) atoms. The SMILES string of the molecule is CCN(C)C(=O)c1cccc(-c2nccs2)c1. The van der Waals surface area contributed by atoms with Gasteiger partial charge in [-0.1, -0.05) is 12.1 Å². The van der Waals surface area contributed by atoms with Crippen molar-refractivity contribution < 1.29 is 4.79 Å². The van der Waals surface area contributed by atoms with Gasteiger partial charge in [0.2, 0.25) is 0 Å². The van der Waals surface area contributed by atoms with Crippen LogP contribution in [0.15, 0.2) is 35.8 Å². The molecule has 1 heterocycles. The van der Waals surface area contributed by atoms with Gasteiger partial charge in [0.1, 0.15) is 5.01 Å². The van der Waals surface area contributed by atoms with Crippen LogP contribution in [-0.2, 0) is 0 Å². The van der Waals surface area contributed by atoms with Gasteiger partial charge in [-0.3, -0.25) is 4.79 Å². The Hall–Kier alpha value is -1.68. The van der Waals surface area contributed by atoms with Crippen molar-refractivity contribution in [3.8, 4) is 10.6 Å². The minimum Gasteiger partial charge on any atom is -0.342 e. The molecule has 0 fully saturated rings. The van der Waals surface area contributed by atoms with E-state index in [4.69, 9.17) is 0 Å². The number of benzene rings is 1. The number of thiazole rings is 1. The van der Waals surface area contributed by atoms with Crippen LogP contribution in [0.3, 0.4) is 0 Å². The van der Waals surface area contributed by atoms with Crippen LogP contribution in [0.4, 0.5) is 0 Å². The smallest absolute Gasteiger partial charge is 0.253 e. The third kappa shape index (κ3) is 2.53. The zero-order chi connectivity index (χ0) is 12.3. The molecular weight excluding hydrogens is 232 g/mol. The minimum absolute atomic E-state index is 0.0471. The highest BCUT2D eigenvalue weighted by Crippen LogP contribution is 2.22. The highest BCUT2D eigenvalue weighted by Gasteiger charge is 2.11. The average molecular weight is 246 g/mol. The average Bonchev–Trinajstić information content (AvgIpc) is 2.91. The predicted octanol–water partition coefficient (Wildman–Crippen LogP) is 2.90. The van der Waals surface area contributed by atoms with Gasteiger partial charge in [0.25, 0.3) is 5.91 Å². The number of hydrogen-bond acceptors (Lipinski definition) is 3. The summed E-state index contributed by atoms with van der Waals surface area (Å²) in [7, 11) is 1.80. The molecule has 0 bridgehead atoms. The van der Waals surface area contributed by atoms with Gasteiger partial charge in [-0.05, 0) is 19.1 Å². The van der Waals surface area contributed by atoms with E-state index in [0.29, 0.717) is 12.1 Å². The van der Waals surface area contributed by atoms with Crippen LogP contribution < -0.4 is 0 Å². The van der Waals surface area contributed by atoms with Gasteiger partial charge in [0, 0.05) is 36.3 Å². The van der Waals surface area contributed by atoms with Crippen LogP contribution in [0.25, 0.3) is 10.6 Å². The molecule has 0 spiro atoms. The maximum absolute atomic E-state index is 12.0. The summed E-state index contributed by atoms with van der Waals surface area (Å²) in [5, 5.41) is 2.88. The number of nitrogens with zero attached hydrogens (tertiary/aromatic N) is 2. The van der Waals surface area contributed by atoms with E-state index in [2.05, 4.69) is 4.98 Å². The second kappa shape index (κ2) is 5.10. The molecule has 2 rings (SSSR count). The fraction of sp³-hybridized carbons (Fsp3) is 0.231. The van der Waals surface area contributed by atoms with E-state index in [1.165, 1.54) is 0 Å². The molecule has 0 saturated heterocycles. The molecule has 0 radical (unpaired) electrons. The topological polar surface area (TPSA) is 33.2 Å². The molecule has 0 aliphatic rings. The molecular formula is C13H14N2OS. The third-order valence-corrected chi connectivity index (χ3v) is 3.43. The molecule has 1 amide bonds. The van der Waals surface area contributed by atoms with Gasteiger partial charge in [0.05, 0.1) is 0 Å². The van der Waals surface area contributed by atoms with Crippen molar-refractivity contribution in [1.82, 2.24) is 9.88 Å².